The number of carbonyl (C=O) groups excluding carboxylic acids is 1. The number of aliphatic hydroxyl groups excluding tert-OH is 1. The number of aromatic nitrogens is 1. The van der Waals surface area contributed by atoms with Crippen LogP contribution in [0.2, 0.25) is 0 Å². The molecule has 22 heavy (non-hydrogen) atoms. The number of amides is 1. The molecular formula is C15H15F3N2O2. The maximum atomic E-state index is 13.0. The number of alkyl halides is 3. The standard InChI is InChI=1S/C15H15F3N2O2/c1-9-10(6-7-19-9)14(22)20-13(8-21)11-4-2-3-5-12(11)15(16,17)18/h2-7,13,19,21H,8H2,1H3,(H,20,22). The highest BCUT2D eigenvalue weighted by atomic mass is 19.4. The van der Waals surface area contributed by atoms with Gasteiger partial charge in [-0.25, -0.2) is 0 Å². The molecular weight excluding hydrogens is 297 g/mol. The summed E-state index contributed by atoms with van der Waals surface area (Å²) in [6, 6.07) is 5.24. The molecule has 118 valence electrons. The molecule has 1 atom stereocenters. The minimum Gasteiger partial charge on any atom is -0.394 e. The van der Waals surface area contributed by atoms with E-state index in [2.05, 4.69) is 10.3 Å². The van der Waals surface area contributed by atoms with Crippen LogP contribution in [0.3, 0.4) is 0 Å². The van der Waals surface area contributed by atoms with Crippen LogP contribution in [0, 0.1) is 6.92 Å². The van der Waals surface area contributed by atoms with E-state index < -0.39 is 30.3 Å². The van der Waals surface area contributed by atoms with Gasteiger partial charge in [0.1, 0.15) is 0 Å². The Morgan fingerprint density at radius 1 is 1.32 bits per heavy atom. The van der Waals surface area contributed by atoms with Crippen molar-refractivity contribution in [2.45, 2.75) is 19.1 Å². The summed E-state index contributed by atoms with van der Waals surface area (Å²) in [5, 5.41) is 11.8. The molecule has 1 aromatic heterocycles. The zero-order valence-electron chi connectivity index (χ0n) is 11.7. The van der Waals surface area contributed by atoms with Crippen LogP contribution in [0.5, 0.6) is 0 Å². The number of H-pyrrole nitrogens is 1. The van der Waals surface area contributed by atoms with Crippen molar-refractivity contribution in [3.63, 3.8) is 0 Å². The molecule has 4 nitrogen and oxygen atoms in total. The average molecular weight is 312 g/mol. The normalized spacial score (nSPS) is 13.0. The fourth-order valence-electron chi connectivity index (χ4n) is 2.22. The summed E-state index contributed by atoms with van der Waals surface area (Å²) in [5.41, 5.74) is -0.125. The van der Waals surface area contributed by atoms with Gasteiger partial charge in [0.25, 0.3) is 5.91 Å². The van der Waals surface area contributed by atoms with Crippen molar-refractivity contribution in [2.75, 3.05) is 6.61 Å². The zero-order valence-corrected chi connectivity index (χ0v) is 11.7. The summed E-state index contributed by atoms with van der Waals surface area (Å²) in [6.07, 6.45) is -3.00. The van der Waals surface area contributed by atoms with E-state index in [1.807, 2.05) is 0 Å². The molecule has 1 aromatic carbocycles. The molecule has 2 rings (SSSR count). The molecule has 0 fully saturated rings. The van der Waals surface area contributed by atoms with E-state index in [0.717, 1.165) is 6.07 Å². The van der Waals surface area contributed by atoms with E-state index in [4.69, 9.17) is 0 Å². The van der Waals surface area contributed by atoms with E-state index in [0.29, 0.717) is 11.3 Å². The number of aromatic amines is 1. The van der Waals surface area contributed by atoms with Crippen molar-refractivity contribution in [1.29, 1.82) is 0 Å². The second kappa shape index (κ2) is 6.23. The molecule has 0 aliphatic carbocycles. The van der Waals surface area contributed by atoms with Crippen LogP contribution in [0.25, 0.3) is 0 Å². The Kier molecular flexibility index (Phi) is 4.56. The van der Waals surface area contributed by atoms with Crippen LogP contribution < -0.4 is 5.32 Å². The molecule has 0 saturated carbocycles. The van der Waals surface area contributed by atoms with Gasteiger partial charge in [0, 0.05) is 11.9 Å². The molecule has 0 spiro atoms. The summed E-state index contributed by atoms with van der Waals surface area (Å²) in [7, 11) is 0. The van der Waals surface area contributed by atoms with Gasteiger partial charge in [0.05, 0.1) is 23.8 Å². The number of carbonyl (C=O) groups is 1. The fourth-order valence-corrected chi connectivity index (χ4v) is 2.22. The summed E-state index contributed by atoms with van der Waals surface area (Å²) < 4.78 is 39.1. The maximum absolute atomic E-state index is 13.0. The van der Waals surface area contributed by atoms with Gasteiger partial charge in [-0.2, -0.15) is 13.2 Å². The Hall–Kier alpha value is -2.28. The van der Waals surface area contributed by atoms with Gasteiger partial charge in [0.15, 0.2) is 0 Å². The third kappa shape index (κ3) is 3.30. The van der Waals surface area contributed by atoms with Crippen LogP contribution in [0.1, 0.15) is 33.2 Å². The Morgan fingerprint density at radius 2 is 2.00 bits per heavy atom. The highest BCUT2D eigenvalue weighted by Gasteiger charge is 2.35. The van der Waals surface area contributed by atoms with Crippen LogP contribution in [-0.2, 0) is 6.18 Å². The molecule has 7 heteroatoms. The van der Waals surface area contributed by atoms with E-state index in [9.17, 15) is 23.1 Å². The number of halogens is 3. The van der Waals surface area contributed by atoms with Gasteiger partial charge in [0.2, 0.25) is 0 Å². The first-order valence-corrected chi connectivity index (χ1v) is 6.56. The highest BCUT2D eigenvalue weighted by Crippen LogP contribution is 2.34. The van der Waals surface area contributed by atoms with Crippen molar-refractivity contribution in [3.05, 3.63) is 58.9 Å². The zero-order chi connectivity index (χ0) is 16.3. The summed E-state index contributed by atoms with van der Waals surface area (Å²) >= 11 is 0. The lowest BCUT2D eigenvalue weighted by Crippen LogP contribution is -2.32. The lowest BCUT2D eigenvalue weighted by Gasteiger charge is -2.21. The SMILES string of the molecule is Cc1[nH]ccc1C(=O)NC(CO)c1ccccc1C(F)(F)F. The first kappa shape index (κ1) is 16.1. The largest absolute Gasteiger partial charge is 0.416 e. The lowest BCUT2D eigenvalue weighted by atomic mass is 10.00. The van der Waals surface area contributed by atoms with Gasteiger partial charge in [-0.05, 0) is 24.6 Å². The van der Waals surface area contributed by atoms with E-state index in [1.54, 1.807) is 13.1 Å². The van der Waals surface area contributed by atoms with Crippen molar-refractivity contribution in [1.82, 2.24) is 10.3 Å². The quantitative estimate of drug-likeness (QED) is 0.813. The van der Waals surface area contributed by atoms with Crippen LogP contribution in [0.15, 0.2) is 36.5 Å². The second-order valence-electron chi connectivity index (χ2n) is 4.81. The summed E-state index contributed by atoms with van der Waals surface area (Å²) in [6.45, 7) is 1.04. The van der Waals surface area contributed by atoms with Crippen LogP contribution in [-0.4, -0.2) is 22.6 Å². The van der Waals surface area contributed by atoms with Gasteiger partial charge < -0.3 is 15.4 Å². The number of hydrogen-bond donors (Lipinski definition) is 3. The van der Waals surface area contributed by atoms with Crippen molar-refractivity contribution < 1.29 is 23.1 Å². The molecule has 1 heterocycles. The Morgan fingerprint density at radius 3 is 2.55 bits per heavy atom. The minimum atomic E-state index is -4.56. The molecule has 0 aliphatic heterocycles. The van der Waals surface area contributed by atoms with E-state index in [-0.39, 0.29) is 5.56 Å². The summed E-state index contributed by atoms with van der Waals surface area (Å²) in [5.74, 6) is -0.547. The van der Waals surface area contributed by atoms with Crippen LogP contribution >= 0.6 is 0 Å². The number of benzene rings is 1. The highest BCUT2D eigenvalue weighted by molar-refractivity contribution is 5.95. The second-order valence-corrected chi connectivity index (χ2v) is 4.81. The molecule has 1 unspecified atom stereocenters. The number of aryl methyl sites for hydroxylation is 1. The molecule has 0 aliphatic rings. The third-order valence-corrected chi connectivity index (χ3v) is 3.33. The third-order valence-electron chi connectivity index (χ3n) is 3.33. The first-order valence-electron chi connectivity index (χ1n) is 6.56. The maximum Gasteiger partial charge on any atom is 0.416 e. The van der Waals surface area contributed by atoms with Gasteiger partial charge in [-0.1, -0.05) is 18.2 Å². The number of aliphatic hydroxyl groups is 1. The molecule has 3 N–H and O–H groups in total. The van der Waals surface area contributed by atoms with Crippen molar-refractivity contribution in [2.24, 2.45) is 0 Å². The van der Waals surface area contributed by atoms with E-state index in [1.165, 1.54) is 24.3 Å². The van der Waals surface area contributed by atoms with Gasteiger partial charge >= 0.3 is 6.18 Å². The summed E-state index contributed by atoms with van der Waals surface area (Å²) in [4.78, 5) is 14.9. The minimum absolute atomic E-state index is 0.168. The Bertz CT molecular complexity index is 665. The first-order chi connectivity index (χ1) is 10.3. The Balaban J connectivity index is 2.30. The fraction of sp³-hybridized carbons (Fsp3) is 0.267. The molecule has 0 radical (unpaired) electrons. The van der Waals surface area contributed by atoms with Gasteiger partial charge in [-0.15, -0.1) is 0 Å². The smallest absolute Gasteiger partial charge is 0.394 e. The molecule has 0 saturated heterocycles. The molecule has 1 amide bonds. The molecule has 0 bridgehead atoms. The van der Waals surface area contributed by atoms with E-state index >= 15 is 0 Å². The number of hydrogen-bond acceptors (Lipinski definition) is 2. The monoisotopic (exact) mass is 312 g/mol. The van der Waals surface area contributed by atoms with Crippen molar-refractivity contribution >= 4 is 5.91 Å². The number of rotatable bonds is 4. The van der Waals surface area contributed by atoms with Crippen molar-refractivity contribution in [3.8, 4) is 0 Å². The Labute approximate surface area is 125 Å². The van der Waals surface area contributed by atoms with Gasteiger partial charge in [-0.3, -0.25) is 4.79 Å². The topological polar surface area (TPSA) is 65.1 Å². The lowest BCUT2D eigenvalue weighted by molar-refractivity contribution is -0.138. The molecule has 2 aromatic rings. The average Bonchev–Trinajstić information content (AvgIpc) is 2.90. The van der Waals surface area contributed by atoms with Crippen LogP contribution in [0.4, 0.5) is 13.2 Å². The predicted molar refractivity (Wildman–Crippen MR) is 74.3 cm³/mol. The predicted octanol–water partition coefficient (Wildman–Crippen LogP) is 2.81. The number of nitrogens with one attached hydrogen (secondary N) is 2.